The Morgan fingerprint density at radius 2 is 2.03 bits per heavy atom. The highest BCUT2D eigenvalue weighted by molar-refractivity contribution is 14.0. The van der Waals surface area contributed by atoms with E-state index in [1.807, 2.05) is 31.2 Å². The molecule has 29 heavy (non-hydrogen) atoms. The van der Waals surface area contributed by atoms with Gasteiger partial charge in [0.2, 0.25) is 5.13 Å². The molecule has 1 unspecified atom stereocenters. The van der Waals surface area contributed by atoms with Crippen LogP contribution in [-0.2, 0) is 6.42 Å². The first-order valence-corrected chi connectivity index (χ1v) is 10.7. The first kappa shape index (κ1) is 23.8. The van der Waals surface area contributed by atoms with E-state index < -0.39 is 6.10 Å². The molecule has 1 aromatic heterocycles. The van der Waals surface area contributed by atoms with Gasteiger partial charge in [0, 0.05) is 50.7 Å². The van der Waals surface area contributed by atoms with E-state index in [0.29, 0.717) is 6.54 Å². The Kier molecular flexibility index (Phi) is 9.57. The Bertz CT molecular complexity index is 791. The third-order valence-corrected chi connectivity index (χ3v) is 5.61. The van der Waals surface area contributed by atoms with Crippen LogP contribution in [0, 0.1) is 6.92 Å². The number of rotatable bonds is 6. The number of guanidine groups is 1. The van der Waals surface area contributed by atoms with E-state index in [1.165, 1.54) is 11.5 Å². The summed E-state index contributed by atoms with van der Waals surface area (Å²) in [5.74, 6) is 1.78. The van der Waals surface area contributed by atoms with Gasteiger partial charge in [-0.3, -0.25) is 4.99 Å². The second kappa shape index (κ2) is 11.7. The summed E-state index contributed by atoms with van der Waals surface area (Å²) in [6.45, 7) is 10.8. The largest absolute Gasteiger partial charge is 0.386 e. The number of aryl methyl sites for hydroxylation is 2. The lowest BCUT2D eigenvalue weighted by Gasteiger charge is -2.36. The van der Waals surface area contributed by atoms with Gasteiger partial charge in [0.1, 0.15) is 5.82 Å². The number of aliphatic imine (C=N–C) groups is 1. The molecule has 2 heterocycles. The monoisotopic (exact) mass is 530 g/mol. The first-order chi connectivity index (χ1) is 13.6. The number of aliphatic hydroxyl groups is 1. The molecule has 0 aliphatic carbocycles. The Labute approximate surface area is 194 Å². The van der Waals surface area contributed by atoms with Crippen LogP contribution in [0.3, 0.4) is 0 Å². The zero-order chi connectivity index (χ0) is 19.9. The molecular weight excluding hydrogens is 499 g/mol. The van der Waals surface area contributed by atoms with Gasteiger partial charge in [-0.05, 0) is 19.4 Å². The Morgan fingerprint density at radius 1 is 1.28 bits per heavy atom. The van der Waals surface area contributed by atoms with Gasteiger partial charge in [-0.2, -0.15) is 4.37 Å². The van der Waals surface area contributed by atoms with Crippen molar-refractivity contribution in [2.75, 3.05) is 44.2 Å². The van der Waals surface area contributed by atoms with Crippen LogP contribution < -0.4 is 10.2 Å². The molecule has 9 heteroatoms. The van der Waals surface area contributed by atoms with Crippen LogP contribution in [0.5, 0.6) is 0 Å². The molecule has 1 fully saturated rings. The maximum Gasteiger partial charge on any atom is 0.205 e. The molecule has 7 nitrogen and oxygen atoms in total. The van der Waals surface area contributed by atoms with Crippen LogP contribution in [0.2, 0.25) is 0 Å². The van der Waals surface area contributed by atoms with E-state index in [2.05, 4.69) is 38.3 Å². The summed E-state index contributed by atoms with van der Waals surface area (Å²) in [4.78, 5) is 13.8. The lowest BCUT2D eigenvalue weighted by atomic mass is 10.1. The first-order valence-electron chi connectivity index (χ1n) is 9.96. The molecule has 1 aliphatic heterocycles. The lowest BCUT2D eigenvalue weighted by Crippen LogP contribution is -2.52. The van der Waals surface area contributed by atoms with Crippen molar-refractivity contribution in [3.63, 3.8) is 0 Å². The van der Waals surface area contributed by atoms with Gasteiger partial charge in [0.05, 0.1) is 12.6 Å². The second-order valence-electron chi connectivity index (χ2n) is 6.95. The standard InChI is InChI=1S/C20H30N6OS.HI/c1-4-18-23-20(28-24-18)26-11-9-25(10-12-26)19(21-5-2)22-14-17(27)16-8-6-7-15(3)13-16;/h6-8,13,17,27H,4-5,9-12,14H2,1-3H3,(H,21,22);1H. The molecule has 2 N–H and O–H groups in total. The van der Waals surface area contributed by atoms with Gasteiger partial charge in [-0.25, -0.2) is 4.98 Å². The number of aromatic nitrogens is 2. The van der Waals surface area contributed by atoms with Crippen molar-refractivity contribution in [2.24, 2.45) is 4.99 Å². The number of anilines is 1. The summed E-state index contributed by atoms with van der Waals surface area (Å²) in [5.41, 5.74) is 2.05. The predicted molar refractivity (Wildman–Crippen MR) is 131 cm³/mol. The van der Waals surface area contributed by atoms with Crippen molar-refractivity contribution in [3.8, 4) is 0 Å². The van der Waals surface area contributed by atoms with E-state index in [9.17, 15) is 5.11 Å². The number of halogens is 1. The number of piperazine rings is 1. The number of hydrogen-bond acceptors (Lipinski definition) is 6. The van der Waals surface area contributed by atoms with Crippen LogP contribution in [0.4, 0.5) is 5.13 Å². The third kappa shape index (κ3) is 6.51. The Balaban J connectivity index is 0.00000300. The topological polar surface area (TPSA) is 76.9 Å². The van der Waals surface area contributed by atoms with Gasteiger partial charge in [0.15, 0.2) is 5.96 Å². The van der Waals surface area contributed by atoms with E-state index in [-0.39, 0.29) is 24.0 Å². The van der Waals surface area contributed by atoms with Gasteiger partial charge in [-0.1, -0.05) is 36.8 Å². The normalized spacial score (nSPS) is 15.8. The highest BCUT2D eigenvalue weighted by atomic mass is 127. The van der Waals surface area contributed by atoms with Gasteiger partial charge >= 0.3 is 0 Å². The van der Waals surface area contributed by atoms with E-state index in [1.54, 1.807) is 0 Å². The Morgan fingerprint density at radius 3 is 2.66 bits per heavy atom. The molecule has 3 rings (SSSR count). The molecular formula is C20H31IN6OS. The number of aliphatic hydroxyl groups excluding tert-OH is 1. The summed E-state index contributed by atoms with van der Waals surface area (Å²) in [6, 6.07) is 7.97. The molecule has 1 saturated heterocycles. The number of nitrogens with one attached hydrogen (secondary N) is 1. The van der Waals surface area contributed by atoms with Crippen molar-refractivity contribution in [1.82, 2.24) is 19.6 Å². The molecule has 1 aliphatic rings. The number of nitrogens with zero attached hydrogens (tertiary/aromatic N) is 5. The maximum atomic E-state index is 10.5. The van der Waals surface area contributed by atoms with Gasteiger partial charge in [0.25, 0.3) is 0 Å². The molecule has 160 valence electrons. The molecule has 0 amide bonds. The summed E-state index contributed by atoms with van der Waals surface area (Å²) in [7, 11) is 0. The molecule has 2 aromatic rings. The van der Waals surface area contributed by atoms with Crippen molar-refractivity contribution in [1.29, 1.82) is 0 Å². The van der Waals surface area contributed by atoms with Crippen LogP contribution >= 0.6 is 35.5 Å². The quantitative estimate of drug-likeness (QED) is 0.340. The average molecular weight is 530 g/mol. The zero-order valence-electron chi connectivity index (χ0n) is 17.3. The minimum atomic E-state index is -0.594. The molecule has 0 spiro atoms. The molecule has 0 saturated carbocycles. The Hall–Kier alpha value is -1.46. The highest BCUT2D eigenvalue weighted by Gasteiger charge is 2.22. The molecule has 1 atom stereocenters. The highest BCUT2D eigenvalue weighted by Crippen LogP contribution is 2.19. The predicted octanol–water partition coefficient (Wildman–Crippen LogP) is 2.85. The number of benzene rings is 1. The summed E-state index contributed by atoms with van der Waals surface area (Å²) in [6.07, 6.45) is 0.278. The van der Waals surface area contributed by atoms with Crippen molar-refractivity contribution in [2.45, 2.75) is 33.3 Å². The van der Waals surface area contributed by atoms with Gasteiger partial charge < -0.3 is 20.2 Å². The summed E-state index contributed by atoms with van der Waals surface area (Å²) >= 11 is 1.48. The maximum absolute atomic E-state index is 10.5. The van der Waals surface area contributed by atoms with Crippen LogP contribution in [0.25, 0.3) is 0 Å². The van der Waals surface area contributed by atoms with Crippen LogP contribution in [-0.4, -0.2) is 64.6 Å². The van der Waals surface area contributed by atoms with Crippen LogP contribution in [0.1, 0.15) is 36.9 Å². The minimum absolute atomic E-state index is 0. The van der Waals surface area contributed by atoms with Crippen molar-refractivity contribution < 1.29 is 5.11 Å². The van der Waals surface area contributed by atoms with Crippen molar-refractivity contribution in [3.05, 3.63) is 41.2 Å². The molecule has 1 aromatic carbocycles. The van der Waals surface area contributed by atoms with E-state index >= 15 is 0 Å². The van der Waals surface area contributed by atoms with E-state index in [4.69, 9.17) is 4.99 Å². The average Bonchev–Trinajstić information content (AvgIpc) is 3.20. The van der Waals surface area contributed by atoms with E-state index in [0.717, 1.165) is 67.2 Å². The van der Waals surface area contributed by atoms with Crippen LogP contribution in [0.15, 0.2) is 29.3 Å². The molecule has 0 radical (unpaired) electrons. The summed E-state index contributed by atoms with van der Waals surface area (Å²) < 4.78 is 4.39. The fourth-order valence-corrected chi connectivity index (χ4v) is 4.01. The number of hydrogen-bond donors (Lipinski definition) is 2. The molecule has 0 bridgehead atoms. The third-order valence-electron chi connectivity index (χ3n) is 4.80. The zero-order valence-corrected chi connectivity index (χ0v) is 20.5. The minimum Gasteiger partial charge on any atom is -0.386 e. The van der Waals surface area contributed by atoms with Crippen molar-refractivity contribution >= 4 is 46.6 Å². The fraction of sp³-hybridized carbons (Fsp3) is 0.550. The lowest BCUT2D eigenvalue weighted by molar-refractivity contribution is 0.186. The fourth-order valence-electron chi connectivity index (χ4n) is 3.21. The van der Waals surface area contributed by atoms with Gasteiger partial charge in [-0.15, -0.1) is 24.0 Å². The summed E-state index contributed by atoms with van der Waals surface area (Å²) in [5, 5.41) is 14.9. The second-order valence-corrected chi connectivity index (χ2v) is 7.68. The smallest absolute Gasteiger partial charge is 0.205 e. The SMILES string of the molecule is CCNC(=NCC(O)c1cccc(C)c1)N1CCN(c2nc(CC)ns2)CC1.I.